The summed E-state index contributed by atoms with van der Waals surface area (Å²) in [6.45, 7) is -0.216. The molecule has 0 unspecified atom stereocenters. The summed E-state index contributed by atoms with van der Waals surface area (Å²) in [6.07, 6.45) is 0.698. The Morgan fingerprint density at radius 3 is 2.38 bits per heavy atom. The fraction of sp³-hybridized carbons (Fsp3) is 0.259. The number of hydrogen-bond donors (Lipinski definition) is 1. The smallest absolute Gasteiger partial charge is 0.262 e. The van der Waals surface area contributed by atoms with Gasteiger partial charge in [-0.3, -0.25) is 9.59 Å². The van der Waals surface area contributed by atoms with Crippen molar-refractivity contribution >= 4 is 27.5 Å². The molecule has 2 amide bonds. The number of halogens is 1. The van der Waals surface area contributed by atoms with E-state index in [0.29, 0.717) is 30.0 Å². The second kappa shape index (κ2) is 11.5. The van der Waals surface area contributed by atoms with E-state index in [4.69, 9.17) is 4.74 Å². The fourth-order valence-corrected chi connectivity index (χ4v) is 4.74. The van der Waals surface area contributed by atoms with Crippen molar-refractivity contribution in [3.05, 3.63) is 95.8 Å². The number of carbonyl (C=O) groups excluding carboxylic acids is 2. The van der Waals surface area contributed by atoms with Crippen molar-refractivity contribution in [3.8, 4) is 5.75 Å². The average molecular weight is 526 g/mol. The van der Waals surface area contributed by atoms with Crippen LogP contribution < -0.4 is 15.0 Å². The van der Waals surface area contributed by atoms with Crippen molar-refractivity contribution in [3.63, 3.8) is 0 Å². The van der Waals surface area contributed by atoms with Crippen LogP contribution in [0.25, 0.3) is 0 Å². The van der Waals surface area contributed by atoms with Crippen LogP contribution in [0, 0.1) is 5.82 Å². The number of para-hydroxylation sites is 2. The molecule has 0 bridgehead atoms. The summed E-state index contributed by atoms with van der Waals surface area (Å²) in [7, 11) is -3.77. The summed E-state index contributed by atoms with van der Waals surface area (Å²) < 4.78 is 45.1. The van der Waals surface area contributed by atoms with Crippen LogP contribution in [0.1, 0.15) is 11.1 Å². The summed E-state index contributed by atoms with van der Waals surface area (Å²) in [4.78, 5) is 27.7. The van der Waals surface area contributed by atoms with E-state index in [1.807, 2.05) is 30.3 Å². The predicted octanol–water partition coefficient (Wildman–Crippen LogP) is 2.74. The first-order valence-corrected chi connectivity index (χ1v) is 13.6. The maximum absolute atomic E-state index is 13.4. The Labute approximate surface area is 215 Å². The zero-order valence-electron chi connectivity index (χ0n) is 20.3. The summed E-state index contributed by atoms with van der Waals surface area (Å²) in [5.41, 5.74) is 2.07. The molecule has 0 saturated carbocycles. The highest BCUT2D eigenvalue weighted by molar-refractivity contribution is 7.88. The zero-order valence-corrected chi connectivity index (χ0v) is 21.2. The first-order chi connectivity index (χ1) is 17.7. The molecule has 10 heteroatoms. The lowest BCUT2D eigenvalue weighted by Crippen LogP contribution is -2.53. The molecule has 0 fully saturated rings. The lowest BCUT2D eigenvalue weighted by atomic mass is 10.1. The second-order valence-electron chi connectivity index (χ2n) is 8.76. The van der Waals surface area contributed by atoms with Crippen molar-refractivity contribution in [1.29, 1.82) is 0 Å². The molecule has 4 rings (SSSR count). The Morgan fingerprint density at radius 1 is 1.00 bits per heavy atom. The van der Waals surface area contributed by atoms with Gasteiger partial charge < -0.3 is 15.0 Å². The van der Waals surface area contributed by atoms with E-state index in [9.17, 15) is 22.4 Å². The predicted molar refractivity (Wildman–Crippen MR) is 138 cm³/mol. The summed E-state index contributed by atoms with van der Waals surface area (Å²) >= 11 is 0. The number of rotatable bonds is 9. The second-order valence-corrected chi connectivity index (χ2v) is 10.7. The van der Waals surface area contributed by atoms with Crippen LogP contribution in [0.15, 0.2) is 78.9 Å². The van der Waals surface area contributed by atoms with Crippen molar-refractivity contribution in [2.45, 2.75) is 19.1 Å². The molecule has 37 heavy (non-hydrogen) atoms. The van der Waals surface area contributed by atoms with Crippen molar-refractivity contribution in [1.82, 2.24) is 9.62 Å². The average Bonchev–Trinajstić information content (AvgIpc) is 2.88. The normalized spacial score (nSPS) is 15.1. The van der Waals surface area contributed by atoms with E-state index >= 15 is 0 Å². The number of hydrogen-bond acceptors (Lipinski definition) is 5. The van der Waals surface area contributed by atoms with Crippen LogP contribution in [0.4, 0.5) is 10.1 Å². The molecule has 1 aliphatic heterocycles. The number of carbonyl (C=O) groups is 2. The third-order valence-corrected chi connectivity index (χ3v) is 7.17. The standard InChI is InChI=1S/C27H28FN3O5S/c1-37(34,35)30(17-21-11-13-22(28)14-12-21)19-26(32)31-18-25(36-24-10-6-5-9-23(24)31)27(33)29-16-15-20-7-3-2-4-8-20/h2-14,25H,15-19H2,1H3,(H,29,33)/t25-/m1/s1. The molecule has 1 aliphatic rings. The summed E-state index contributed by atoms with van der Waals surface area (Å²) in [5, 5.41) is 2.85. The van der Waals surface area contributed by atoms with Crippen molar-refractivity contribution < 1.29 is 27.1 Å². The maximum Gasteiger partial charge on any atom is 0.262 e. The molecule has 194 valence electrons. The van der Waals surface area contributed by atoms with Gasteiger partial charge in [-0.15, -0.1) is 0 Å². The van der Waals surface area contributed by atoms with Gasteiger partial charge in [0.1, 0.15) is 11.6 Å². The van der Waals surface area contributed by atoms with Crippen LogP contribution in [0.2, 0.25) is 0 Å². The van der Waals surface area contributed by atoms with Gasteiger partial charge in [0.25, 0.3) is 5.91 Å². The van der Waals surface area contributed by atoms with Crippen LogP contribution in [0.5, 0.6) is 5.75 Å². The molecular formula is C27H28FN3O5S. The minimum absolute atomic E-state index is 0.0683. The highest BCUT2D eigenvalue weighted by atomic mass is 32.2. The van der Waals surface area contributed by atoms with Crippen molar-refractivity contribution in [2.75, 3.05) is 30.8 Å². The zero-order chi connectivity index (χ0) is 26.4. The summed E-state index contributed by atoms with van der Waals surface area (Å²) in [6, 6.07) is 21.9. The van der Waals surface area contributed by atoms with E-state index < -0.39 is 34.4 Å². The van der Waals surface area contributed by atoms with Gasteiger partial charge in [0.2, 0.25) is 15.9 Å². The number of amides is 2. The topological polar surface area (TPSA) is 96.0 Å². The number of sulfonamides is 1. The molecule has 3 aromatic carbocycles. The van der Waals surface area contributed by atoms with Gasteiger partial charge in [0.15, 0.2) is 6.10 Å². The number of nitrogens with one attached hydrogen (secondary N) is 1. The highest BCUT2D eigenvalue weighted by Gasteiger charge is 2.35. The van der Waals surface area contributed by atoms with Gasteiger partial charge in [-0.05, 0) is 41.8 Å². The van der Waals surface area contributed by atoms with Crippen LogP contribution in [-0.4, -0.2) is 56.5 Å². The molecule has 0 aromatic heterocycles. The number of anilines is 1. The molecule has 1 N–H and O–H groups in total. The van der Waals surface area contributed by atoms with Crippen LogP contribution in [0.3, 0.4) is 0 Å². The maximum atomic E-state index is 13.4. The third-order valence-electron chi connectivity index (χ3n) is 5.98. The summed E-state index contributed by atoms with van der Waals surface area (Å²) in [5.74, 6) is -0.960. The number of ether oxygens (including phenoxy) is 1. The van der Waals surface area contributed by atoms with Gasteiger partial charge in [-0.25, -0.2) is 12.8 Å². The lowest BCUT2D eigenvalue weighted by molar-refractivity contribution is -0.128. The van der Waals surface area contributed by atoms with E-state index in [1.54, 1.807) is 24.3 Å². The number of fused-ring (bicyclic) bond motifs is 1. The SMILES string of the molecule is CS(=O)(=O)N(CC(=O)N1C[C@H](C(=O)NCCc2ccccc2)Oc2ccccc21)Cc1ccc(F)cc1. The van der Waals surface area contributed by atoms with Crippen LogP contribution in [-0.2, 0) is 32.6 Å². The Kier molecular flexibility index (Phi) is 8.20. The molecule has 1 heterocycles. The van der Waals surface area contributed by atoms with Gasteiger partial charge in [-0.2, -0.15) is 4.31 Å². The number of nitrogens with zero attached hydrogens (tertiary/aromatic N) is 2. The van der Waals surface area contributed by atoms with E-state index in [0.717, 1.165) is 16.1 Å². The fourth-order valence-electron chi connectivity index (χ4n) is 4.02. The first kappa shape index (κ1) is 26.3. The first-order valence-electron chi connectivity index (χ1n) is 11.8. The molecule has 0 radical (unpaired) electrons. The Morgan fingerprint density at radius 2 is 1.68 bits per heavy atom. The Balaban J connectivity index is 1.47. The minimum atomic E-state index is -3.77. The van der Waals surface area contributed by atoms with E-state index in [1.165, 1.54) is 29.2 Å². The van der Waals surface area contributed by atoms with Gasteiger partial charge in [0, 0.05) is 13.1 Å². The van der Waals surface area contributed by atoms with E-state index in [2.05, 4.69) is 5.32 Å². The molecule has 8 nitrogen and oxygen atoms in total. The number of benzene rings is 3. The molecule has 0 spiro atoms. The molecule has 3 aromatic rings. The third kappa shape index (κ3) is 6.93. The molecular weight excluding hydrogens is 497 g/mol. The van der Waals surface area contributed by atoms with Crippen molar-refractivity contribution in [2.24, 2.45) is 0 Å². The Bertz CT molecular complexity index is 1350. The molecule has 0 saturated heterocycles. The van der Waals surface area contributed by atoms with Gasteiger partial charge in [-0.1, -0.05) is 54.6 Å². The largest absolute Gasteiger partial charge is 0.477 e. The molecule has 0 aliphatic carbocycles. The Hall–Kier alpha value is -3.76. The highest BCUT2D eigenvalue weighted by Crippen LogP contribution is 2.33. The lowest BCUT2D eigenvalue weighted by Gasteiger charge is -2.35. The quantitative estimate of drug-likeness (QED) is 0.464. The van der Waals surface area contributed by atoms with Crippen LogP contribution >= 0.6 is 0 Å². The minimum Gasteiger partial charge on any atom is -0.477 e. The van der Waals surface area contributed by atoms with Gasteiger partial charge in [0.05, 0.1) is 25.0 Å². The monoisotopic (exact) mass is 525 g/mol. The van der Waals surface area contributed by atoms with E-state index in [-0.39, 0.29) is 19.0 Å². The molecule has 1 atom stereocenters. The van der Waals surface area contributed by atoms with Gasteiger partial charge >= 0.3 is 0 Å².